The molecule has 0 unspecified atom stereocenters. The van der Waals surface area contributed by atoms with Crippen LogP contribution >= 0.6 is 11.3 Å². The second kappa shape index (κ2) is 5.40. The molecule has 0 spiro atoms. The summed E-state index contributed by atoms with van der Waals surface area (Å²) in [6.45, 7) is 4.88. The largest absolute Gasteiger partial charge is 0.388 e. The highest BCUT2D eigenvalue weighted by Gasteiger charge is 2.36. The zero-order valence-corrected chi connectivity index (χ0v) is 13.8. The molecule has 0 saturated heterocycles. The zero-order chi connectivity index (χ0) is 15.1. The van der Waals surface area contributed by atoms with Gasteiger partial charge < -0.3 is 10.4 Å². The van der Waals surface area contributed by atoms with Gasteiger partial charge in [-0.15, -0.1) is 11.3 Å². The normalized spacial score (nSPS) is 22.8. The molecule has 1 aromatic rings. The van der Waals surface area contributed by atoms with E-state index in [2.05, 4.69) is 19.2 Å². The van der Waals surface area contributed by atoms with Crippen molar-refractivity contribution in [3.63, 3.8) is 0 Å². The second-order valence-electron chi connectivity index (χ2n) is 7.48. The van der Waals surface area contributed by atoms with E-state index < -0.39 is 5.60 Å². The van der Waals surface area contributed by atoms with E-state index in [1.165, 1.54) is 16.9 Å². The van der Waals surface area contributed by atoms with Crippen LogP contribution in [0.4, 0.5) is 0 Å². The molecule has 1 heterocycles. The fourth-order valence-corrected chi connectivity index (χ4v) is 4.51. The number of hydrogen-bond acceptors (Lipinski definition) is 3. The van der Waals surface area contributed by atoms with Crippen molar-refractivity contribution in [2.45, 2.75) is 64.4 Å². The molecule has 0 aromatic carbocycles. The number of thiophene rings is 1. The number of aryl methyl sites for hydroxylation is 2. The molecule has 2 aliphatic rings. The van der Waals surface area contributed by atoms with Gasteiger partial charge in [-0.05, 0) is 62.0 Å². The molecule has 0 radical (unpaired) electrons. The first kappa shape index (κ1) is 15.0. The van der Waals surface area contributed by atoms with Crippen molar-refractivity contribution in [3.05, 3.63) is 21.4 Å². The van der Waals surface area contributed by atoms with Gasteiger partial charge in [0.2, 0.25) is 0 Å². The maximum Gasteiger partial charge on any atom is 0.261 e. The average Bonchev–Trinajstić information content (AvgIpc) is 3.01. The van der Waals surface area contributed by atoms with Crippen molar-refractivity contribution in [1.82, 2.24) is 5.32 Å². The number of aliphatic hydroxyl groups is 1. The predicted molar refractivity (Wildman–Crippen MR) is 85.9 cm³/mol. The maximum atomic E-state index is 12.3. The quantitative estimate of drug-likeness (QED) is 0.900. The Morgan fingerprint density at radius 2 is 2.00 bits per heavy atom. The van der Waals surface area contributed by atoms with Crippen LogP contribution in [0.2, 0.25) is 0 Å². The van der Waals surface area contributed by atoms with E-state index in [0.717, 1.165) is 43.4 Å². The van der Waals surface area contributed by atoms with E-state index in [0.29, 0.717) is 12.0 Å². The minimum atomic E-state index is -0.717. The Labute approximate surface area is 130 Å². The van der Waals surface area contributed by atoms with Gasteiger partial charge in [-0.3, -0.25) is 4.79 Å². The van der Waals surface area contributed by atoms with Gasteiger partial charge in [0.25, 0.3) is 5.91 Å². The van der Waals surface area contributed by atoms with Gasteiger partial charge in [0.1, 0.15) is 0 Å². The molecule has 2 aliphatic carbocycles. The first-order chi connectivity index (χ1) is 9.87. The van der Waals surface area contributed by atoms with E-state index in [1.54, 1.807) is 11.3 Å². The summed E-state index contributed by atoms with van der Waals surface area (Å²) in [4.78, 5) is 14.4. The van der Waals surface area contributed by atoms with Gasteiger partial charge in [-0.25, -0.2) is 0 Å². The van der Waals surface area contributed by atoms with Crippen LogP contribution in [0.3, 0.4) is 0 Å². The van der Waals surface area contributed by atoms with Crippen molar-refractivity contribution < 1.29 is 9.90 Å². The molecule has 116 valence electrons. The lowest BCUT2D eigenvalue weighted by Crippen LogP contribution is -2.46. The number of hydrogen-bond donors (Lipinski definition) is 2. The second-order valence-corrected chi connectivity index (χ2v) is 8.62. The highest BCUT2D eigenvalue weighted by molar-refractivity contribution is 7.14. The van der Waals surface area contributed by atoms with E-state index >= 15 is 0 Å². The Kier molecular flexibility index (Phi) is 3.87. The SMILES string of the molecule is CC1(C)CCC(O)(CNC(=O)c2cc3c(s2)CCC3)CC1. The number of fused-ring (bicyclic) bond motifs is 1. The Morgan fingerprint density at radius 1 is 1.29 bits per heavy atom. The molecule has 4 heteroatoms. The molecule has 1 aromatic heterocycles. The van der Waals surface area contributed by atoms with Gasteiger partial charge in [-0.1, -0.05) is 13.8 Å². The highest BCUT2D eigenvalue weighted by atomic mass is 32.1. The van der Waals surface area contributed by atoms with E-state index in [9.17, 15) is 9.90 Å². The Morgan fingerprint density at radius 3 is 2.67 bits per heavy atom. The highest BCUT2D eigenvalue weighted by Crippen LogP contribution is 2.40. The monoisotopic (exact) mass is 307 g/mol. The molecular weight excluding hydrogens is 282 g/mol. The predicted octanol–water partition coefficient (Wildman–Crippen LogP) is 3.30. The minimum Gasteiger partial charge on any atom is -0.388 e. The van der Waals surface area contributed by atoms with Crippen LogP contribution in [0.5, 0.6) is 0 Å². The summed E-state index contributed by atoms with van der Waals surface area (Å²) >= 11 is 1.62. The Balaban J connectivity index is 1.56. The lowest BCUT2D eigenvalue weighted by atomic mass is 9.71. The molecule has 3 rings (SSSR count). The lowest BCUT2D eigenvalue weighted by molar-refractivity contribution is -0.0232. The number of nitrogens with one attached hydrogen (secondary N) is 1. The van der Waals surface area contributed by atoms with Gasteiger partial charge in [0.15, 0.2) is 0 Å². The molecule has 21 heavy (non-hydrogen) atoms. The van der Waals surface area contributed by atoms with Gasteiger partial charge >= 0.3 is 0 Å². The first-order valence-corrected chi connectivity index (χ1v) is 8.81. The van der Waals surface area contributed by atoms with Gasteiger partial charge in [-0.2, -0.15) is 0 Å². The third kappa shape index (κ3) is 3.32. The first-order valence-electron chi connectivity index (χ1n) is 7.99. The van der Waals surface area contributed by atoms with Crippen LogP contribution in [0.15, 0.2) is 6.07 Å². The summed E-state index contributed by atoms with van der Waals surface area (Å²) in [5, 5.41) is 13.6. The Bertz CT molecular complexity index is 515. The molecule has 0 aliphatic heterocycles. The molecule has 2 N–H and O–H groups in total. The molecule has 0 atom stereocenters. The molecule has 1 fully saturated rings. The fourth-order valence-electron chi connectivity index (χ4n) is 3.34. The average molecular weight is 307 g/mol. The third-order valence-electron chi connectivity index (χ3n) is 5.08. The summed E-state index contributed by atoms with van der Waals surface area (Å²) < 4.78 is 0. The van der Waals surface area contributed by atoms with E-state index in [1.807, 2.05) is 6.07 Å². The van der Waals surface area contributed by atoms with Crippen molar-refractivity contribution >= 4 is 17.2 Å². The molecule has 1 amide bonds. The Hall–Kier alpha value is -0.870. The molecule has 3 nitrogen and oxygen atoms in total. The standard InChI is InChI=1S/C17H25NO2S/c1-16(2)6-8-17(20,9-7-16)11-18-15(19)14-10-12-4-3-5-13(12)21-14/h10,20H,3-9,11H2,1-2H3,(H,18,19). The lowest BCUT2D eigenvalue weighted by Gasteiger charge is -2.40. The minimum absolute atomic E-state index is 0.0207. The summed E-state index contributed by atoms with van der Waals surface area (Å²) in [5.74, 6) is -0.0207. The van der Waals surface area contributed by atoms with Crippen LogP contribution in [-0.2, 0) is 12.8 Å². The maximum absolute atomic E-state index is 12.3. The summed E-state index contributed by atoms with van der Waals surface area (Å²) in [6.07, 6.45) is 7.05. The fraction of sp³-hybridized carbons (Fsp3) is 0.706. The van der Waals surface area contributed by atoms with E-state index in [4.69, 9.17) is 0 Å². The molecular formula is C17H25NO2S. The van der Waals surface area contributed by atoms with Crippen LogP contribution in [0, 0.1) is 5.41 Å². The summed E-state index contributed by atoms with van der Waals surface area (Å²) in [5.41, 5.74) is 0.957. The van der Waals surface area contributed by atoms with Crippen LogP contribution in [0.25, 0.3) is 0 Å². The van der Waals surface area contributed by atoms with Gasteiger partial charge in [0, 0.05) is 11.4 Å². The summed E-state index contributed by atoms with van der Waals surface area (Å²) in [6, 6.07) is 2.04. The molecule has 0 bridgehead atoms. The van der Waals surface area contributed by atoms with Crippen molar-refractivity contribution in [2.75, 3.05) is 6.54 Å². The van der Waals surface area contributed by atoms with Crippen LogP contribution in [0.1, 0.15) is 66.1 Å². The number of carbonyl (C=O) groups excluding carboxylic acids is 1. The number of amides is 1. The molecule has 1 saturated carbocycles. The third-order valence-corrected chi connectivity index (χ3v) is 6.32. The number of rotatable bonds is 3. The summed E-state index contributed by atoms with van der Waals surface area (Å²) in [7, 11) is 0. The van der Waals surface area contributed by atoms with Crippen LogP contribution in [-0.4, -0.2) is 23.2 Å². The van der Waals surface area contributed by atoms with Crippen molar-refractivity contribution in [2.24, 2.45) is 5.41 Å². The topological polar surface area (TPSA) is 49.3 Å². The van der Waals surface area contributed by atoms with Crippen molar-refractivity contribution in [3.8, 4) is 0 Å². The zero-order valence-electron chi connectivity index (χ0n) is 13.0. The van der Waals surface area contributed by atoms with Crippen LogP contribution < -0.4 is 5.32 Å². The van der Waals surface area contributed by atoms with Gasteiger partial charge in [0.05, 0.1) is 10.5 Å². The smallest absolute Gasteiger partial charge is 0.261 e. The number of carbonyl (C=O) groups is 1. The van der Waals surface area contributed by atoms with E-state index in [-0.39, 0.29) is 5.91 Å². The van der Waals surface area contributed by atoms with Crippen molar-refractivity contribution in [1.29, 1.82) is 0 Å².